The van der Waals surface area contributed by atoms with Crippen LogP contribution in [0.5, 0.6) is 0 Å². The van der Waals surface area contributed by atoms with E-state index < -0.39 is 0 Å². The summed E-state index contributed by atoms with van der Waals surface area (Å²) in [7, 11) is 0. The second-order valence-corrected chi connectivity index (χ2v) is 4.12. The predicted octanol–water partition coefficient (Wildman–Crippen LogP) is 0.694. The van der Waals surface area contributed by atoms with Crippen LogP contribution in [0.4, 0.5) is 0 Å². The summed E-state index contributed by atoms with van der Waals surface area (Å²) in [6.45, 7) is 4.72. The molecule has 1 heterocycles. The number of hydrogen-bond donors (Lipinski definition) is 1. The summed E-state index contributed by atoms with van der Waals surface area (Å²) in [6, 6.07) is 0.781. The van der Waals surface area contributed by atoms with Gasteiger partial charge in [-0.15, -0.1) is 12.3 Å². The number of rotatable bonds is 1. The zero-order valence-electron chi connectivity index (χ0n) is 8.13. The monoisotopic (exact) mass is 178 g/mol. The molecule has 72 valence electrons. The number of piperazine rings is 1. The van der Waals surface area contributed by atoms with Crippen LogP contribution < -0.4 is 5.32 Å². The van der Waals surface area contributed by atoms with Crippen LogP contribution in [0.25, 0.3) is 0 Å². The molecule has 0 aromatic heterocycles. The Balaban J connectivity index is 1.84. The van der Waals surface area contributed by atoms with Crippen molar-refractivity contribution < 1.29 is 0 Å². The fourth-order valence-electron chi connectivity index (χ4n) is 2.49. The minimum atomic E-state index is 0.555. The van der Waals surface area contributed by atoms with Crippen LogP contribution in [0, 0.1) is 18.3 Å². The summed E-state index contributed by atoms with van der Waals surface area (Å²) in [4.78, 5) is 2.60. The first-order valence-corrected chi connectivity index (χ1v) is 5.31. The van der Waals surface area contributed by atoms with Crippen LogP contribution >= 0.6 is 0 Å². The lowest BCUT2D eigenvalue weighted by molar-refractivity contribution is 0.174. The summed E-state index contributed by atoms with van der Waals surface area (Å²) >= 11 is 0. The first-order chi connectivity index (χ1) is 6.40. The van der Waals surface area contributed by atoms with Crippen LogP contribution in [0.2, 0.25) is 0 Å². The zero-order valence-corrected chi connectivity index (χ0v) is 8.13. The van der Waals surface area contributed by atoms with E-state index in [1.165, 1.54) is 32.4 Å². The fourth-order valence-corrected chi connectivity index (χ4v) is 2.49. The number of terminal acetylenes is 1. The van der Waals surface area contributed by atoms with Gasteiger partial charge >= 0.3 is 0 Å². The standard InChI is InChI=1S/C11H18N2/c1-2-10-3-4-11(9-10)13-7-5-12-6-8-13/h1,10-12H,3-9H2/t10-,11+/m0/s1. The molecule has 0 bridgehead atoms. The van der Waals surface area contributed by atoms with E-state index in [4.69, 9.17) is 6.42 Å². The Kier molecular flexibility index (Phi) is 2.87. The molecule has 1 saturated heterocycles. The molecular weight excluding hydrogens is 160 g/mol. The maximum atomic E-state index is 5.44. The lowest BCUT2D eigenvalue weighted by Gasteiger charge is -2.32. The van der Waals surface area contributed by atoms with Gasteiger partial charge in [-0.2, -0.15) is 0 Å². The minimum absolute atomic E-state index is 0.555. The van der Waals surface area contributed by atoms with Crippen LogP contribution in [-0.2, 0) is 0 Å². The van der Waals surface area contributed by atoms with Gasteiger partial charge in [-0.25, -0.2) is 0 Å². The topological polar surface area (TPSA) is 15.3 Å². The van der Waals surface area contributed by atoms with Gasteiger partial charge in [-0.3, -0.25) is 4.90 Å². The predicted molar refractivity (Wildman–Crippen MR) is 54.4 cm³/mol. The Morgan fingerprint density at radius 1 is 1.23 bits per heavy atom. The highest BCUT2D eigenvalue weighted by atomic mass is 15.2. The fraction of sp³-hybridized carbons (Fsp3) is 0.818. The average Bonchev–Trinajstić information content (AvgIpc) is 2.67. The molecule has 2 fully saturated rings. The molecule has 0 amide bonds. The minimum Gasteiger partial charge on any atom is -0.314 e. The van der Waals surface area contributed by atoms with Crippen molar-refractivity contribution in [3.63, 3.8) is 0 Å². The molecule has 1 aliphatic carbocycles. The van der Waals surface area contributed by atoms with Crippen molar-refractivity contribution in [2.45, 2.75) is 25.3 Å². The Morgan fingerprint density at radius 3 is 2.62 bits per heavy atom. The van der Waals surface area contributed by atoms with E-state index in [2.05, 4.69) is 16.1 Å². The SMILES string of the molecule is C#C[C@H]1CC[C@@H](N2CCNCC2)C1. The lowest BCUT2D eigenvalue weighted by Crippen LogP contribution is -2.47. The van der Waals surface area contributed by atoms with Crippen LogP contribution in [-0.4, -0.2) is 37.1 Å². The first kappa shape index (κ1) is 9.05. The third kappa shape index (κ3) is 2.04. The van der Waals surface area contributed by atoms with E-state index in [-0.39, 0.29) is 0 Å². The van der Waals surface area contributed by atoms with Crippen molar-refractivity contribution in [2.75, 3.05) is 26.2 Å². The summed E-state index contributed by atoms with van der Waals surface area (Å²) < 4.78 is 0. The molecule has 2 aliphatic rings. The second kappa shape index (κ2) is 4.13. The highest BCUT2D eigenvalue weighted by Crippen LogP contribution is 2.28. The van der Waals surface area contributed by atoms with Gasteiger partial charge in [0.1, 0.15) is 0 Å². The molecule has 1 aliphatic heterocycles. The molecule has 0 unspecified atom stereocenters. The molecule has 0 spiro atoms. The largest absolute Gasteiger partial charge is 0.314 e. The highest BCUT2D eigenvalue weighted by molar-refractivity contribution is 4.99. The first-order valence-electron chi connectivity index (χ1n) is 5.31. The van der Waals surface area contributed by atoms with Crippen LogP contribution in [0.1, 0.15) is 19.3 Å². The molecule has 2 heteroatoms. The van der Waals surface area contributed by atoms with Gasteiger partial charge in [0.05, 0.1) is 0 Å². The molecule has 13 heavy (non-hydrogen) atoms. The van der Waals surface area contributed by atoms with E-state index in [0.29, 0.717) is 5.92 Å². The van der Waals surface area contributed by atoms with Crippen molar-refractivity contribution in [2.24, 2.45) is 5.92 Å². The smallest absolute Gasteiger partial charge is 0.0215 e. The molecule has 2 atom stereocenters. The van der Waals surface area contributed by atoms with Crippen molar-refractivity contribution in [1.82, 2.24) is 10.2 Å². The number of nitrogens with zero attached hydrogens (tertiary/aromatic N) is 1. The van der Waals surface area contributed by atoms with Gasteiger partial charge in [-0.1, -0.05) is 0 Å². The quantitative estimate of drug-likeness (QED) is 0.594. The van der Waals surface area contributed by atoms with Crippen molar-refractivity contribution in [3.05, 3.63) is 0 Å². The summed E-state index contributed by atoms with van der Waals surface area (Å²) in [5, 5.41) is 3.38. The summed E-state index contributed by atoms with van der Waals surface area (Å²) in [6.07, 6.45) is 9.23. The van der Waals surface area contributed by atoms with Gasteiger partial charge in [0, 0.05) is 38.1 Å². The summed E-state index contributed by atoms with van der Waals surface area (Å²) in [5.41, 5.74) is 0. The Bertz CT molecular complexity index is 201. The van der Waals surface area contributed by atoms with Crippen molar-refractivity contribution >= 4 is 0 Å². The van der Waals surface area contributed by atoms with Gasteiger partial charge in [0.2, 0.25) is 0 Å². The molecule has 0 radical (unpaired) electrons. The number of nitrogens with one attached hydrogen (secondary N) is 1. The van der Waals surface area contributed by atoms with Crippen LogP contribution in [0.15, 0.2) is 0 Å². The van der Waals surface area contributed by atoms with Crippen molar-refractivity contribution in [1.29, 1.82) is 0 Å². The molecular formula is C11H18N2. The molecule has 1 N–H and O–H groups in total. The Labute approximate surface area is 80.7 Å². The summed E-state index contributed by atoms with van der Waals surface area (Å²) in [5.74, 6) is 3.45. The van der Waals surface area contributed by atoms with E-state index in [1.54, 1.807) is 0 Å². The van der Waals surface area contributed by atoms with E-state index in [9.17, 15) is 0 Å². The van der Waals surface area contributed by atoms with Crippen LogP contribution in [0.3, 0.4) is 0 Å². The van der Waals surface area contributed by atoms with E-state index in [0.717, 1.165) is 19.1 Å². The zero-order chi connectivity index (χ0) is 9.10. The third-order valence-corrected chi connectivity index (χ3v) is 3.31. The number of hydrogen-bond acceptors (Lipinski definition) is 2. The third-order valence-electron chi connectivity index (χ3n) is 3.31. The van der Waals surface area contributed by atoms with E-state index >= 15 is 0 Å². The lowest BCUT2D eigenvalue weighted by atomic mass is 10.1. The van der Waals surface area contributed by atoms with Gasteiger partial charge in [0.15, 0.2) is 0 Å². The van der Waals surface area contributed by atoms with E-state index in [1.807, 2.05) is 0 Å². The maximum absolute atomic E-state index is 5.44. The van der Waals surface area contributed by atoms with Crippen molar-refractivity contribution in [3.8, 4) is 12.3 Å². The second-order valence-electron chi connectivity index (χ2n) is 4.12. The Hall–Kier alpha value is -0.520. The molecule has 0 aromatic rings. The highest BCUT2D eigenvalue weighted by Gasteiger charge is 2.28. The average molecular weight is 178 g/mol. The normalized spacial score (nSPS) is 35.9. The molecule has 2 nitrogen and oxygen atoms in total. The molecule has 2 rings (SSSR count). The molecule has 0 aromatic carbocycles. The van der Waals surface area contributed by atoms with Gasteiger partial charge < -0.3 is 5.32 Å². The van der Waals surface area contributed by atoms with Gasteiger partial charge in [0.25, 0.3) is 0 Å². The van der Waals surface area contributed by atoms with Gasteiger partial charge in [-0.05, 0) is 19.3 Å². The Morgan fingerprint density at radius 2 is 2.00 bits per heavy atom. The molecule has 1 saturated carbocycles. The maximum Gasteiger partial charge on any atom is 0.0215 e.